The fourth-order valence-electron chi connectivity index (χ4n) is 1.23. The Morgan fingerprint density at radius 2 is 1.93 bits per heavy atom. The largest absolute Gasteiger partial charge is 0.392 e. The molecule has 0 fully saturated rings. The maximum absolute atomic E-state index is 8.88. The zero-order valence-corrected chi connectivity index (χ0v) is 9.40. The molecule has 15 heavy (non-hydrogen) atoms. The standard InChI is InChI=1S/C13H19NO/c1-11(2)14-9-3-4-12-5-7-13(10-15)8-6-12/h3-8,11,14-15H,9-10H2,1-2H3/b4-3+. The Hall–Kier alpha value is -1.12. The van der Waals surface area contributed by atoms with Gasteiger partial charge in [-0.25, -0.2) is 0 Å². The van der Waals surface area contributed by atoms with Crippen LogP contribution in [-0.4, -0.2) is 17.7 Å². The fourth-order valence-corrected chi connectivity index (χ4v) is 1.23. The van der Waals surface area contributed by atoms with Gasteiger partial charge < -0.3 is 10.4 Å². The maximum Gasteiger partial charge on any atom is 0.0681 e. The van der Waals surface area contributed by atoms with E-state index in [1.807, 2.05) is 24.3 Å². The van der Waals surface area contributed by atoms with E-state index in [1.54, 1.807) is 0 Å². The predicted octanol–water partition coefficient (Wildman–Crippen LogP) is 2.19. The van der Waals surface area contributed by atoms with Crippen LogP contribution >= 0.6 is 0 Å². The number of aliphatic hydroxyl groups is 1. The number of aliphatic hydroxyl groups excluding tert-OH is 1. The third-order valence-corrected chi connectivity index (χ3v) is 2.12. The minimum absolute atomic E-state index is 0.110. The lowest BCUT2D eigenvalue weighted by Crippen LogP contribution is -2.22. The van der Waals surface area contributed by atoms with E-state index < -0.39 is 0 Å². The third kappa shape index (κ3) is 4.77. The highest BCUT2D eigenvalue weighted by molar-refractivity contribution is 5.49. The summed E-state index contributed by atoms with van der Waals surface area (Å²) in [4.78, 5) is 0. The van der Waals surface area contributed by atoms with Crippen LogP contribution in [0.15, 0.2) is 30.3 Å². The second-order valence-electron chi connectivity index (χ2n) is 3.87. The summed E-state index contributed by atoms with van der Waals surface area (Å²) in [6.45, 7) is 5.26. The first-order valence-electron chi connectivity index (χ1n) is 5.32. The van der Waals surface area contributed by atoms with Gasteiger partial charge in [0.05, 0.1) is 6.61 Å². The Bertz CT molecular complexity index is 301. The van der Waals surface area contributed by atoms with Crippen LogP contribution in [0.4, 0.5) is 0 Å². The first kappa shape index (κ1) is 12.0. The Balaban J connectivity index is 2.43. The number of hydrogen-bond donors (Lipinski definition) is 2. The molecular weight excluding hydrogens is 186 g/mol. The number of rotatable bonds is 5. The minimum Gasteiger partial charge on any atom is -0.392 e. The smallest absolute Gasteiger partial charge is 0.0681 e. The van der Waals surface area contributed by atoms with Gasteiger partial charge in [0.1, 0.15) is 0 Å². The van der Waals surface area contributed by atoms with Crippen molar-refractivity contribution in [1.29, 1.82) is 0 Å². The molecule has 0 radical (unpaired) electrons. The second kappa shape index (κ2) is 6.38. The number of nitrogens with one attached hydrogen (secondary N) is 1. The van der Waals surface area contributed by atoms with Crippen molar-refractivity contribution < 1.29 is 5.11 Å². The Morgan fingerprint density at radius 3 is 2.47 bits per heavy atom. The molecule has 0 bridgehead atoms. The van der Waals surface area contributed by atoms with Gasteiger partial charge in [0.15, 0.2) is 0 Å². The van der Waals surface area contributed by atoms with E-state index >= 15 is 0 Å². The van der Waals surface area contributed by atoms with Gasteiger partial charge >= 0.3 is 0 Å². The van der Waals surface area contributed by atoms with Gasteiger partial charge in [-0.05, 0) is 11.1 Å². The lowest BCUT2D eigenvalue weighted by Gasteiger charge is -2.03. The molecule has 82 valence electrons. The third-order valence-electron chi connectivity index (χ3n) is 2.12. The summed E-state index contributed by atoms with van der Waals surface area (Å²) in [6, 6.07) is 8.42. The van der Waals surface area contributed by atoms with Crippen LogP contribution < -0.4 is 5.32 Å². The molecule has 1 aromatic rings. The van der Waals surface area contributed by atoms with Crippen LogP contribution in [0.1, 0.15) is 25.0 Å². The van der Waals surface area contributed by atoms with Gasteiger partial charge in [0.25, 0.3) is 0 Å². The van der Waals surface area contributed by atoms with Crippen molar-refractivity contribution in [2.45, 2.75) is 26.5 Å². The molecule has 0 aliphatic rings. The summed E-state index contributed by atoms with van der Waals surface area (Å²) < 4.78 is 0. The Labute approximate surface area is 91.6 Å². The fraction of sp³-hybridized carbons (Fsp3) is 0.385. The quantitative estimate of drug-likeness (QED) is 0.772. The van der Waals surface area contributed by atoms with Gasteiger partial charge in [0, 0.05) is 12.6 Å². The van der Waals surface area contributed by atoms with Crippen LogP contribution in [-0.2, 0) is 6.61 Å². The molecule has 0 aliphatic carbocycles. The molecule has 0 spiro atoms. The molecule has 0 saturated heterocycles. The first-order chi connectivity index (χ1) is 7.22. The highest BCUT2D eigenvalue weighted by Gasteiger charge is 1.90. The monoisotopic (exact) mass is 205 g/mol. The SMILES string of the molecule is CC(C)NC/C=C/c1ccc(CO)cc1. The van der Waals surface area contributed by atoms with Crippen molar-refractivity contribution in [2.75, 3.05) is 6.54 Å². The van der Waals surface area contributed by atoms with Crippen molar-refractivity contribution in [3.8, 4) is 0 Å². The minimum atomic E-state index is 0.110. The predicted molar refractivity (Wildman–Crippen MR) is 64.5 cm³/mol. The summed E-state index contributed by atoms with van der Waals surface area (Å²) in [5.41, 5.74) is 2.12. The number of benzene rings is 1. The molecule has 0 aromatic heterocycles. The molecule has 1 aromatic carbocycles. The summed E-state index contributed by atoms with van der Waals surface area (Å²) >= 11 is 0. The van der Waals surface area contributed by atoms with Crippen molar-refractivity contribution in [1.82, 2.24) is 5.32 Å². The van der Waals surface area contributed by atoms with Gasteiger partial charge in [-0.3, -0.25) is 0 Å². The van der Waals surface area contributed by atoms with Gasteiger partial charge in [0.2, 0.25) is 0 Å². The second-order valence-corrected chi connectivity index (χ2v) is 3.87. The Morgan fingerprint density at radius 1 is 1.27 bits per heavy atom. The van der Waals surface area contributed by atoms with Crippen LogP contribution in [0, 0.1) is 0 Å². The van der Waals surface area contributed by atoms with Gasteiger partial charge in [-0.15, -0.1) is 0 Å². The molecule has 2 N–H and O–H groups in total. The average molecular weight is 205 g/mol. The highest BCUT2D eigenvalue weighted by Crippen LogP contribution is 2.05. The molecular formula is C13H19NO. The summed E-state index contributed by atoms with van der Waals surface area (Å²) in [5.74, 6) is 0. The van der Waals surface area contributed by atoms with E-state index in [1.165, 1.54) is 0 Å². The van der Waals surface area contributed by atoms with E-state index in [0.29, 0.717) is 6.04 Å². The lowest BCUT2D eigenvalue weighted by molar-refractivity contribution is 0.282. The topological polar surface area (TPSA) is 32.3 Å². The summed E-state index contributed by atoms with van der Waals surface area (Å²) in [5, 5.41) is 12.2. The van der Waals surface area contributed by atoms with Crippen molar-refractivity contribution >= 4 is 6.08 Å². The van der Waals surface area contributed by atoms with E-state index in [0.717, 1.165) is 17.7 Å². The number of hydrogen-bond acceptors (Lipinski definition) is 2. The first-order valence-corrected chi connectivity index (χ1v) is 5.32. The molecule has 0 heterocycles. The molecule has 0 amide bonds. The molecule has 0 atom stereocenters. The van der Waals surface area contributed by atoms with Crippen molar-refractivity contribution in [2.24, 2.45) is 0 Å². The van der Waals surface area contributed by atoms with E-state index in [4.69, 9.17) is 5.11 Å². The Kier molecular flexibility index (Phi) is 5.08. The van der Waals surface area contributed by atoms with Crippen LogP contribution in [0.2, 0.25) is 0 Å². The van der Waals surface area contributed by atoms with E-state index in [2.05, 4.69) is 31.3 Å². The molecule has 0 unspecified atom stereocenters. The van der Waals surface area contributed by atoms with Crippen LogP contribution in [0.5, 0.6) is 0 Å². The molecule has 1 rings (SSSR count). The van der Waals surface area contributed by atoms with Crippen molar-refractivity contribution in [3.63, 3.8) is 0 Å². The van der Waals surface area contributed by atoms with Crippen LogP contribution in [0.25, 0.3) is 6.08 Å². The molecule has 2 nitrogen and oxygen atoms in total. The summed E-state index contributed by atoms with van der Waals surface area (Å²) in [7, 11) is 0. The molecule has 0 saturated carbocycles. The normalized spacial score (nSPS) is 11.5. The van der Waals surface area contributed by atoms with Crippen molar-refractivity contribution in [3.05, 3.63) is 41.5 Å². The maximum atomic E-state index is 8.88. The lowest BCUT2D eigenvalue weighted by atomic mass is 10.1. The van der Waals surface area contributed by atoms with Gasteiger partial charge in [-0.1, -0.05) is 50.3 Å². The average Bonchev–Trinajstić information content (AvgIpc) is 2.25. The van der Waals surface area contributed by atoms with E-state index in [9.17, 15) is 0 Å². The van der Waals surface area contributed by atoms with E-state index in [-0.39, 0.29) is 6.61 Å². The summed E-state index contributed by atoms with van der Waals surface area (Å²) in [6.07, 6.45) is 4.19. The van der Waals surface area contributed by atoms with Gasteiger partial charge in [-0.2, -0.15) is 0 Å². The zero-order valence-electron chi connectivity index (χ0n) is 9.40. The van der Waals surface area contributed by atoms with Crippen LogP contribution in [0.3, 0.4) is 0 Å². The highest BCUT2D eigenvalue weighted by atomic mass is 16.3. The molecule has 0 aliphatic heterocycles. The molecule has 2 heteroatoms. The zero-order chi connectivity index (χ0) is 11.1.